The molecule has 4 aromatic rings. The van der Waals surface area contributed by atoms with E-state index >= 15 is 0 Å². The molecule has 0 aliphatic heterocycles. The molecule has 248 valence electrons. The third kappa shape index (κ3) is 9.36. The lowest BCUT2D eigenvalue weighted by molar-refractivity contribution is -0.140. The monoisotopic (exact) mass is 675 g/mol. The Morgan fingerprint density at radius 2 is 1.51 bits per heavy atom. The highest BCUT2D eigenvalue weighted by Gasteiger charge is 2.35. The van der Waals surface area contributed by atoms with E-state index in [1.54, 1.807) is 31.2 Å². The molecule has 0 aliphatic carbocycles. The van der Waals surface area contributed by atoms with E-state index in [0.717, 1.165) is 21.0 Å². The molecule has 10 heteroatoms. The Morgan fingerprint density at radius 1 is 0.872 bits per heavy atom. The minimum atomic E-state index is -4.30. The van der Waals surface area contributed by atoms with E-state index < -0.39 is 28.5 Å². The summed E-state index contributed by atoms with van der Waals surface area (Å²) < 4.78 is 35.5. The van der Waals surface area contributed by atoms with Crippen molar-refractivity contribution < 1.29 is 22.7 Å². The van der Waals surface area contributed by atoms with Crippen molar-refractivity contribution in [2.75, 3.05) is 24.0 Å². The van der Waals surface area contributed by atoms with Gasteiger partial charge >= 0.3 is 0 Å². The van der Waals surface area contributed by atoms with Crippen molar-refractivity contribution in [1.29, 1.82) is 0 Å². The van der Waals surface area contributed by atoms with Gasteiger partial charge < -0.3 is 15.0 Å². The van der Waals surface area contributed by atoms with Crippen LogP contribution in [0, 0.1) is 12.8 Å². The van der Waals surface area contributed by atoms with Crippen LogP contribution in [0.15, 0.2) is 108 Å². The molecule has 47 heavy (non-hydrogen) atoms. The number of nitrogens with zero attached hydrogens (tertiary/aromatic N) is 2. The fraction of sp³-hybridized carbons (Fsp3) is 0.297. The van der Waals surface area contributed by atoms with Crippen LogP contribution in [-0.2, 0) is 32.6 Å². The average molecular weight is 676 g/mol. The number of para-hydroxylation sites is 2. The quantitative estimate of drug-likeness (QED) is 0.152. The minimum Gasteiger partial charge on any atom is -0.492 e. The first-order chi connectivity index (χ1) is 22.5. The SMILES string of the molecule is CCOc1ccccc1N(CC(=O)N(Cc1ccccc1C)C(Cc1ccccc1)C(=O)NCC(C)C)S(=O)(=O)c1ccc(Cl)cc1. The first kappa shape index (κ1) is 35.5. The molecular weight excluding hydrogens is 634 g/mol. The van der Waals surface area contributed by atoms with E-state index in [1.165, 1.54) is 29.2 Å². The van der Waals surface area contributed by atoms with Crippen molar-refractivity contribution in [1.82, 2.24) is 10.2 Å². The number of amides is 2. The molecule has 0 bridgehead atoms. The fourth-order valence-electron chi connectivity index (χ4n) is 5.14. The van der Waals surface area contributed by atoms with E-state index in [2.05, 4.69) is 5.32 Å². The molecule has 0 radical (unpaired) electrons. The van der Waals surface area contributed by atoms with Crippen LogP contribution in [0.4, 0.5) is 5.69 Å². The number of benzene rings is 4. The Balaban J connectivity index is 1.84. The van der Waals surface area contributed by atoms with Crippen LogP contribution in [0.5, 0.6) is 5.75 Å². The van der Waals surface area contributed by atoms with E-state index in [4.69, 9.17) is 16.3 Å². The number of nitrogens with one attached hydrogen (secondary N) is 1. The van der Waals surface area contributed by atoms with Crippen LogP contribution in [0.1, 0.15) is 37.5 Å². The first-order valence-corrected chi connectivity index (χ1v) is 17.5. The third-order valence-corrected chi connectivity index (χ3v) is 9.70. The zero-order valence-corrected chi connectivity index (χ0v) is 28.8. The average Bonchev–Trinajstić information content (AvgIpc) is 3.06. The van der Waals surface area contributed by atoms with Crippen LogP contribution in [0.2, 0.25) is 5.02 Å². The van der Waals surface area contributed by atoms with Gasteiger partial charge in [0.05, 0.1) is 17.2 Å². The molecule has 0 heterocycles. The van der Waals surface area contributed by atoms with Gasteiger partial charge in [0, 0.05) is 24.5 Å². The summed E-state index contributed by atoms with van der Waals surface area (Å²) in [6.07, 6.45) is 0.238. The van der Waals surface area contributed by atoms with Gasteiger partial charge in [0.25, 0.3) is 10.0 Å². The molecular formula is C37H42ClN3O5S. The normalized spacial score (nSPS) is 12.0. The van der Waals surface area contributed by atoms with E-state index in [9.17, 15) is 18.0 Å². The maximum Gasteiger partial charge on any atom is 0.264 e. The zero-order valence-electron chi connectivity index (χ0n) is 27.2. The Bertz CT molecular complexity index is 1750. The highest BCUT2D eigenvalue weighted by atomic mass is 35.5. The summed E-state index contributed by atoms with van der Waals surface area (Å²) in [5.74, 6) is -0.364. The van der Waals surface area contributed by atoms with Crippen molar-refractivity contribution in [3.63, 3.8) is 0 Å². The van der Waals surface area contributed by atoms with Gasteiger partial charge in [0.15, 0.2) is 0 Å². The Labute approximate surface area is 283 Å². The van der Waals surface area contributed by atoms with Gasteiger partial charge in [-0.3, -0.25) is 13.9 Å². The maximum absolute atomic E-state index is 14.7. The molecule has 2 amide bonds. The molecule has 4 rings (SSSR count). The predicted molar refractivity (Wildman–Crippen MR) is 187 cm³/mol. The van der Waals surface area contributed by atoms with Crippen molar-refractivity contribution in [3.8, 4) is 5.75 Å². The lowest BCUT2D eigenvalue weighted by atomic mass is 10.0. The number of rotatable bonds is 15. The van der Waals surface area contributed by atoms with Crippen LogP contribution in [-0.4, -0.2) is 50.9 Å². The maximum atomic E-state index is 14.7. The molecule has 8 nitrogen and oxygen atoms in total. The molecule has 4 aromatic carbocycles. The summed E-state index contributed by atoms with van der Waals surface area (Å²) in [4.78, 5) is 30.1. The predicted octanol–water partition coefficient (Wildman–Crippen LogP) is 6.65. The fourth-order valence-corrected chi connectivity index (χ4v) is 6.69. The van der Waals surface area contributed by atoms with Crippen LogP contribution in [0.25, 0.3) is 0 Å². The standard InChI is InChI=1S/C37H42ClN3O5S/c1-5-46-35-18-12-11-17-33(35)41(47(44,45)32-21-19-31(38)20-22-32)26-36(42)40(25-30-16-10-9-13-28(30)4)34(37(43)39-24-27(2)3)23-29-14-7-6-8-15-29/h6-22,27,34H,5,23-26H2,1-4H3,(H,39,43). The van der Waals surface area contributed by atoms with E-state index in [-0.39, 0.29) is 42.0 Å². The second-order valence-corrected chi connectivity index (χ2v) is 14.0. The highest BCUT2D eigenvalue weighted by Crippen LogP contribution is 2.33. The number of halogens is 1. The van der Waals surface area contributed by atoms with Crippen LogP contribution in [0.3, 0.4) is 0 Å². The van der Waals surface area contributed by atoms with Gasteiger partial charge in [0.2, 0.25) is 11.8 Å². The van der Waals surface area contributed by atoms with E-state index in [1.807, 2.05) is 75.4 Å². The summed E-state index contributed by atoms with van der Waals surface area (Å²) >= 11 is 6.09. The minimum absolute atomic E-state index is 0.0398. The number of ether oxygens (including phenoxy) is 1. The van der Waals surface area contributed by atoms with Gasteiger partial charge in [-0.2, -0.15) is 0 Å². The number of sulfonamides is 1. The number of aryl methyl sites for hydroxylation is 1. The van der Waals surface area contributed by atoms with Crippen LogP contribution < -0.4 is 14.4 Å². The topological polar surface area (TPSA) is 96.0 Å². The molecule has 0 aliphatic rings. The van der Waals surface area contributed by atoms with Crippen molar-refractivity contribution in [2.24, 2.45) is 5.92 Å². The number of carbonyl (C=O) groups is 2. The molecule has 0 saturated carbocycles. The zero-order chi connectivity index (χ0) is 34.0. The summed E-state index contributed by atoms with van der Waals surface area (Å²) in [7, 11) is -4.30. The summed E-state index contributed by atoms with van der Waals surface area (Å²) in [6.45, 7) is 7.97. The van der Waals surface area contributed by atoms with Gasteiger partial charge in [-0.15, -0.1) is 0 Å². The van der Waals surface area contributed by atoms with Gasteiger partial charge in [-0.25, -0.2) is 8.42 Å². The van der Waals surface area contributed by atoms with Crippen molar-refractivity contribution >= 4 is 39.1 Å². The second-order valence-electron chi connectivity index (χ2n) is 11.7. The number of anilines is 1. The molecule has 0 aromatic heterocycles. The largest absolute Gasteiger partial charge is 0.492 e. The lowest BCUT2D eigenvalue weighted by Crippen LogP contribution is -2.53. The molecule has 0 fully saturated rings. The lowest BCUT2D eigenvalue weighted by Gasteiger charge is -2.34. The summed E-state index contributed by atoms with van der Waals surface area (Å²) in [6, 6.07) is 28.7. The number of hydrogen-bond donors (Lipinski definition) is 1. The number of carbonyl (C=O) groups excluding carboxylic acids is 2. The van der Waals surface area contributed by atoms with Gasteiger partial charge in [-0.1, -0.05) is 92.2 Å². The molecule has 1 unspecified atom stereocenters. The third-order valence-electron chi connectivity index (χ3n) is 7.67. The first-order valence-electron chi connectivity index (χ1n) is 15.7. The summed E-state index contributed by atoms with van der Waals surface area (Å²) in [5, 5.41) is 3.39. The smallest absolute Gasteiger partial charge is 0.264 e. The Hall–Kier alpha value is -4.34. The second kappa shape index (κ2) is 16.5. The molecule has 1 atom stereocenters. The Morgan fingerprint density at radius 3 is 2.17 bits per heavy atom. The van der Waals surface area contributed by atoms with Gasteiger partial charge in [0.1, 0.15) is 18.3 Å². The van der Waals surface area contributed by atoms with E-state index in [0.29, 0.717) is 17.3 Å². The van der Waals surface area contributed by atoms with Crippen molar-refractivity contribution in [3.05, 3.63) is 125 Å². The number of hydrogen-bond acceptors (Lipinski definition) is 5. The van der Waals surface area contributed by atoms with Gasteiger partial charge in [-0.05, 0) is 72.9 Å². The Kier molecular flexibility index (Phi) is 12.4. The van der Waals surface area contributed by atoms with Crippen molar-refractivity contribution in [2.45, 2.75) is 51.6 Å². The molecule has 1 N–H and O–H groups in total. The van der Waals surface area contributed by atoms with Crippen LogP contribution >= 0.6 is 11.6 Å². The molecule has 0 spiro atoms. The summed E-state index contributed by atoms with van der Waals surface area (Å²) in [5.41, 5.74) is 2.86. The highest BCUT2D eigenvalue weighted by molar-refractivity contribution is 7.92. The molecule has 0 saturated heterocycles.